The minimum atomic E-state index is -0.670. The van der Waals surface area contributed by atoms with Gasteiger partial charge in [-0.25, -0.2) is 13.9 Å². The largest absolute Gasteiger partial charge is 0.370 e. The highest BCUT2D eigenvalue weighted by molar-refractivity contribution is 5.94. The molecule has 1 amide bonds. The second-order valence-electron chi connectivity index (χ2n) is 4.15. The minimum absolute atomic E-state index is 0.00962. The zero-order valence-corrected chi connectivity index (χ0v) is 10.6. The number of carbonyl (C=O) groups excluding carboxylic acids is 1. The van der Waals surface area contributed by atoms with Crippen LogP contribution in [0.15, 0.2) is 33.6 Å². The third-order valence-corrected chi connectivity index (χ3v) is 2.85. The second-order valence-corrected chi connectivity index (χ2v) is 4.15. The molecule has 0 saturated heterocycles. The lowest BCUT2D eigenvalue weighted by Crippen LogP contribution is -2.27. The number of hydrogen-bond donors (Lipinski definition) is 1. The van der Waals surface area contributed by atoms with E-state index in [1.807, 2.05) is 0 Å². The first-order chi connectivity index (χ1) is 8.99. The zero-order chi connectivity index (χ0) is 14.0. The number of nitrogens with one attached hydrogen (secondary N) is 1. The third-order valence-electron chi connectivity index (χ3n) is 2.85. The molecular weight excluding hydrogens is 251 g/mol. The average Bonchev–Trinajstić information content (AvgIpc) is 2.62. The molecule has 0 radical (unpaired) electrons. The van der Waals surface area contributed by atoms with E-state index in [4.69, 9.17) is 4.52 Å². The molecule has 2 rings (SSSR count). The molecule has 0 bridgehead atoms. The first-order valence-electron chi connectivity index (χ1n) is 5.68. The summed E-state index contributed by atoms with van der Waals surface area (Å²) in [5.41, 5.74) is 0.524. The predicted molar refractivity (Wildman–Crippen MR) is 66.3 cm³/mol. The van der Waals surface area contributed by atoms with Gasteiger partial charge in [-0.2, -0.15) is 0 Å². The average molecular weight is 264 g/mol. The number of aryl methyl sites for hydroxylation is 1. The summed E-state index contributed by atoms with van der Waals surface area (Å²) in [5.74, 6) is -0.842. The number of nitrogens with zero attached hydrogens (tertiary/aromatic N) is 1. The number of halogens is 1. The monoisotopic (exact) mass is 264 g/mol. The Bertz CT molecular complexity index is 656. The van der Waals surface area contributed by atoms with E-state index in [2.05, 4.69) is 5.32 Å². The first-order valence-corrected chi connectivity index (χ1v) is 5.68. The van der Waals surface area contributed by atoms with Gasteiger partial charge in [0.1, 0.15) is 11.4 Å². The van der Waals surface area contributed by atoms with Crippen LogP contribution in [-0.2, 0) is 13.6 Å². The molecule has 19 heavy (non-hydrogen) atoms. The molecule has 0 atom stereocenters. The number of aromatic nitrogens is 1. The standard InChI is InChI=1S/C13H13FN2O3/c1-8-11(13(18)19-16(8)2)12(17)15-7-9-3-5-10(14)6-4-9/h3-6H,7H2,1-2H3,(H,15,17). The molecule has 100 valence electrons. The first kappa shape index (κ1) is 13.1. The van der Waals surface area contributed by atoms with Crippen LogP contribution in [0.3, 0.4) is 0 Å². The molecule has 0 saturated carbocycles. The maximum Gasteiger partial charge on any atom is 0.370 e. The van der Waals surface area contributed by atoms with Crippen LogP contribution in [0, 0.1) is 12.7 Å². The minimum Gasteiger partial charge on any atom is -0.348 e. The topological polar surface area (TPSA) is 64.2 Å². The number of benzene rings is 1. The highest BCUT2D eigenvalue weighted by atomic mass is 19.1. The van der Waals surface area contributed by atoms with Crippen LogP contribution in [0.1, 0.15) is 21.6 Å². The fourth-order valence-corrected chi connectivity index (χ4v) is 1.67. The Balaban J connectivity index is 2.09. The lowest BCUT2D eigenvalue weighted by Gasteiger charge is -2.04. The van der Waals surface area contributed by atoms with Crippen molar-refractivity contribution in [1.82, 2.24) is 10.1 Å². The van der Waals surface area contributed by atoms with Crippen LogP contribution >= 0.6 is 0 Å². The van der Waals surface area contributed by atoms with Gasteiger partial charge in [0, 0.05) is 13.6 Å². The molecule has 0 aliphatic heterocycles. The van der Waals surface area contributed by atoms with E-state index >= 15 is 0 Å². The van der Waals surface area contributed by atoms with Crippen molar-refractivity contribution in [2.75, 3.05) is 0 Å². The van der Waals surface area contributed by atoms with E-state index in [0.29, 0.717) is 5.69 Å². The second kappa shape index (κ2) is 5.09. The molecule has 1 heterocycles. The van der Waals surface area contributed by atoms with Gasteiger partial charge in [0.25, 0.3) is 5.91 Å². The summed E-state index contributed by atoms with van der Waals surface area (Å²) >= 11 is 0. The fraction of sp³-hybridized carbons (Fsp3) is 0.231. The van der Waals surface area contributed by atoms with E-state index in [9.17, 15) is 14.0 Å². The van der Waals surface area contributed by atoms with E-state index in [0.717, 1.165) is 5.56 Å². The van der Waals surface area contributed by atoms with E-state index in [-0.39, 0.29) is 17.9 Å². The van der Waals surface area contributed by atoms with Gasteiger partial charge in [0.2, 0.25) is 0 Å². The number of carbonyl (C=O) groups is 1. The molecule has 6 heteroatoms. The lowest BCUT2D eigenvalue weighted by atomic mass is 10.2. The van der Waals surface area contributed by atoms with Crippen LogP contribution in [0.25, 0.3) is 0 Å². The number of rotatable bonds is 3. The van der Waals surface area contributed by atoms with Gasteiger partial charge >= 0.3 is 5.63 Å². The molecule has 1 aromatic carbocycles. The van der Waals surface area contributed by atoms with Crippen molar-refractivity contribution in [3.8, 4) is 0 Å². The third kappa shape index (κ3) is 2.73. The Kier molecular flexibility index (Phi) is 3.50. The van der Waals surface area contributed by atoms with Gasteiger partial charge in [-0.15, -0.1) is 0 Å². The molecule has 2 aromatic rings. The van der Waals surface area contributed by atoms with Crippen molar-refractivity contribution in [2.45, 2.75) is 13.5 Å². The van der Waals surface area contributed by atoms with Crippen molar-refractivity contribution in [3.63, 3.8) is 0 Å². The summed E-state index contributed by atoms with van der Waals surface area (Å²) in [6, 6.07) is 5.75. The maximum atomic E-state index is 12.7. The molecule has 0 spiro atoms. The Morgan fingerprint density at radius 2 is 2.00 bits per heavy atom. The lowest BCUT2D eigenvalue weighted by molar-refractivity contribution is 0.0948. The summed E-state index contributed by atoms with van der Waals surface area (Å²) < 4.78 is 18.7. The molecule has 1 aromatic heterocycles. The van der Waals surface area contributed by atoms with Crippen molar-refractivity contribution in [3.05, 3.63) is 57.3 Å². The van der Waals surface area contributed by atoms with E-state index in [1.165, 1.54) is 16.9 Å². The molecule has 0 aliphatic rings. The molecule has 0 aliphatic carbocycles. The van der Waals surface area contributed by atoms with Crippen molar-refractivity contribution in [2.24, 2.45) is 7.05 Å². The van der Waals surface area contributed by atoms with Crippen LogP contribution in [0.4, 0.5) is 4.39 Å². The zero-order valence-electron chi connectivity index (χ0n) is 10.6. The van der Waals surface area contributed by atoms with Crippen LogP contribution in [0.5, 0.6) is 0 Å². The smallest absolute Gasteiger partial charge is 0.348 e. The molecule has 5 nitrogen and oxygen atoms in total. The van der Waals surface area contributed by atoms with E-state index < -0.39 is 11.5 Å². The molecule has 1 N–H and O–H groups in total. The summed E-state index contributed by atoms with van der Waals surface area (Å²) in [6.45, 7) is 1.84. The number of hydrogen-bond acceptors (Lipinski definition) is 3. The van der Waals surface area contributed by atoms with Crippen LogP contribution in [0.2, 0.25) is 0 Å². The van der Waals surface area contributed by atoms with Crippen LogP contribution in [-0.4, -0.2) is 10.6 Å². The summed E-state index contributed by atoms with van der Waals surface area (Å²) in [7, 11) is 1.55. The Hall–Kier alpha value is -2.37. The van der Waals surface area contributed by atoms with Crippen molar-refractivity contribution < 1.29 is 13.7 Å². The molecule has 0 fully saturated rings. The van der Waals surface area contributed by atoms with Gasteiger partial charge in [-0.1, -0.05) is 12.1 Å². The molecular formula is C13H13FN2O3. The quantitative estimate of drug-likeness (QED) is 0.910. The van der Waals surface area contributed by atoms with Crippen molar-refractivity contribution >= 4 is 5.91 Å². The number of amides is 1. The van der Waals surface area contributed by atoms with Gasteiger partial charge in [-0.3, -0.25) is 4.79 Å². The summed E-state index contributed by atoms with van der Waals surface area (Å²) in [5, 5.41) is 2.59. The van der Waals surface area contributed by atoms with Gasteiger partial charge in [-0.05, 0) is 24.6 Å². The molecule has 0 unspecified atom stereocenters. The van der Waals surface area contributed by atoms with Crippen molar-refractivity contribution in [1.29, 1.82) is 0 Å². The summed E-state index contributed by atoms with van der Waals surface area (Å²) in [6.07, 6.45) is 0. The van der Waals surface area contributed by atoms with Gasteiger partial charge in [0.15, 0.2) is 0 Å². The highest BCUT2D eigenvalue weighted by Crippen LogP contribution is 2.05. The SMILES string of the molecule is Cc1c(C(=O)NCc2ccc(F)cc2)c(=O)on1C. The normalized spacial score (nSPS) is 10.5. The van der Waals surface area contributed by atoms with Gasteiger partial charge < -0.3 is 9.84 Å². The maximum absolute atomic E-state index is 12.7. The predicted octanol–water partition coefficient (Wildman–Crippen LogP) is 1.36. The Morgan fingerprint density at radius 1 is 1.37 bits per heavy atom. The Morgan fingerprint density at radius 3 is 2.53 bits per heavy atom. The van der Waals surface area contributed by atoms with Crippen LogP contribution < -0.4 is 10.9 Å². The summed E-state index contributed by atoms with van der Waals surface area (Å²) in [4.78, 5) is 23.3. The highest BCUT2D eigenvalue weighted by Gasteiger charge is 2.18. The Labute approximate surface area is 108 Å². The van der Waals surface area contributed by atoms with Gasteiger partial charge in [0.05, 0.1) is 5.69 Å². The van der Waals surface area contributed by atoms with E-state index in [1.54, 1.807) is 26.1 Å². The fourth-order valence-electron chi connectivity index (χ4n) is 1.67.